The minimum Gasteiger partial charge on any atom is -0.370 e. The van der Waals surface area contributed by atoms with Crippen LogP contribution in [0.3, 0.4) is 0 Å². The van der Waals surface area contributed by atoms with E-state index >= 15 is 0 Å². The first-order chi connectivity index (χ1) is 12.7. The number of carbonyl (C=O) groups excluding carboxylic acids is 1. The number of piperidine rings is 1. The van der Waals surface area contributed by atoms with Gasteiger partial charge in [0.25, 0.3) is 5.91 Å². The summed E-state index contributed by atoms with van der Waals surface area (Å²) in [5, 5.41) is 9.65. The number of hydrogen-bond donors (Lipinski definition) is 0. The molecule has 2 saturated heterocycles. The first kappa shape index (κ1) is 16.0. The Morgan fingerprint density at radius 1 is 1.12 bits per heavy atom. The summed E-state index contributed by atoms with van der Waals surface area (Å²) in [5.74, 6) is -0.424. The molecule has 0 aromatic carbocycles. The molecule has 1 saturated carbocycles. The summed E-state index contributed by atoms with van der Waals surface area (Å²) in [6, 6.07) is 2.14. The number of aliphatic imine (C=N–C) groups is 2. The van der Waals surface area contributed by atoms with Crippen LogP contribution in [0.1, 0.15) is 38.5 Å². The van der Waals surface area contributed by atoms with Crippen molar-refractivity contribution in [2.75, 3.05) is 26.2 Å². The van der Waals surface area contributed by atoms with E-state index in [0.717, 1.165) is 50.3 Å². The van der Waals surface area contributed by atoms with Gasteiger partial charge in [0.1, 0.15) is 17.8 Å². The van der Waals surface area contributed by atoms with Crippen molar-refractivity contribution in [2.45, 2.75) is 44.7 Å². The second-order valence-electron chi connectivity index (χ2n) is 8.14. The molecular weight excluding hydrogens is 326 g/mol. The van der Waals surface area contributed by atoms with Crippen LogP contribution in [-0.2, 0) is 4.79 Å². The van der Waals surface area contributed by atoms with Crippen LogP contribution in [0.2, 0.25) is 0 Å². The Hall–Kier alpha value is -2.26. The average molecular weight is 349 g/mol. The highest BCUT2D eigenvalue weighted by Gasteiger charge is 2.42. The van der Waals surface area contributed by atoms with Gasteiger partial charge in [0.05, 0.1) is 17.6 Å². The Morgan fingerprint density at radius 3 is 2.46 bits per heavy atom. The molecule has 1 spiro atoms. The van der Waals surface area contributed by atoms with Crippen LogP contribution in [0.5, 0.6) is 0 Å². The first-order valence-electron chi connectivity index (χ1n) is 9.71. The first-order valence-corrected chi connectivity index (χ1v) is 9.71. The summed E-state index contributed by atoms with van der Waals surface area (Å²) < 4.78 is 0. The number of nitriles is 1. The molecule has 5 rings (SSSR count). The van der Waals surface area contributed by atoms with Gasteiger partial charge in [0.2, 0.25) is 0 Å². The van der Waals surface area contributed by atoms with Crippen LogP contribution in [0.15, 0.2) is 32.9 Å². The largest absolute Gasteiger partial charge is 0.370 e. The second kappa shape index (κ2) is 5.88. The molecule has 0 N–H and O–H groups in total. The van der Waals surface area contributed by atoms with E-state index in [4.69, 9.17) is 0 Å². The highest BCUT2D eigenvalue weighted by Crippen LogP contribution is 2.49. The zero-order valence-corrected chi connectivity index (χ0v) is 14.9. The number of amides is 1. The van der Waals surface area contributed by atoms with Crippen LogP contribution in [0.4, 0.5) is 0 Å². The van der Waals surface area contributed by atoms with E-state index < -0.39 is 5.91 Å². The summed E-state index contributed by atoms with van der Waals surface area (Å²) >= 11 is 0. The lowest BCUT2D eigenvalue weighted by Crippen LogP contribution is -2.47. The van der Waals surface area contributed by atoms with Gasteiger partial charge in [0, 0.05) is 31.8 Å². The predicted molar refractivity (Wildman–Crippen MR) is 98.7 cm³/mol. The maximum Gasteiger partial charge on any atom is 0.290 e. The van der Waals surface area contributed by atoms with Gasteiger partial charge in [0.15, 0.2) is 0 Å². The van der Waals surface area contributed by atoms with Crippen molar-refractivity contribution in [1.82, 2.24) is 9.80 Å². The van der Waals surface area contributed by atoms with Gasteiger partial charge in [-0.15, -0.1) is 0 Å². The lowest BCUT2D eigenvalue weighted by Gasteiger charge is -2.49. The number of allylic oxidation sites excluding steroid dienone is 1. The molecular formula is C20H23N5O. The molecule has 1 atom stereocenters. The molecule has 5 aliphatic rings. The molecule has 26 heavy (non-hydrogen) atoms. The summed E-state index contributed by atoms with van der Waals surface area (Å²) in [6.07, 6.45) is 11.4. The zero-order chi connectivity index (χ0) is 17.7. The quantitative estimate of drug-likeness (QED) is 0.765. The monoisotopic (exact) mass is 349 g/mol. The molecule has 0 aromatic rings. The Labute approximate surface area is 153 Å². The van der Waals surface area contributed by atoms with Crippen molar-refractivity contribution < 1.29 is 4.79 Å². The Morgan fingerprint density at radius 2 is 1.88 bits per heavy atom. The van der Waals surface area contributed by atoms with Crippen LogP contribution >= 0.6 is 0 Å². The van der Waals surface area contributed by atoms with Crippen molar-refractivity contribution in [2.24, 2.45) is 15.4 Å². The van der Waals surface area contributed by atoms with Crippen LogP contribution in [0.25, 0.3) is 0 Å². The lowest BCUT2D eigenvalue weighted by molar-refractivity contribution is -0.114. The number of hydrogen-bond acceptors (Lipinski definition) is 5. The molecule has 4 aliphatic heterocycles. The van der Waals surface area contributed by atoms with E-state index in [0.29, 0.717) is 11.1 Å². The third kappa shape index (κ3) is 2.38. The summed E-state index contributed by atoms with van der Waals surface area (Å²) in [6.45, 7) is 3.94. The number of dihydropyridines is 2. The van der Waals surface area contributed by atoms with Crippen molar-refractivity contribution in [1.29, 1.82) is 5.26 Å². The fourth-order valence-corrected chi connectivity index (χ4v) is 4.80. The fraction of sp³-hybridized carbons (Fsp3) is 0.600. The van der Waals surface area contributed by atoms with Gasteiger partial charge in [-0.1, -0.05) is 6.42 Å². The standard InChI is InChI=1S/C20H23N5O/c21-12-15-18(25-9-5-20(6-10-25)3-1-4-20)14-11-17(24-7-2-8-24)22-13-16(14)23-19(15)26/h11,13,17H,1-10H2. The van der Waals surface area contributed by atoms with E-state index in [1.54, 1.807) is 6.21 Å². The number of carbonyl (C=O) groups is 1. The predicted octanol–water partition coefficient (Wildman–Crippen LogP) is 2.05. The molecule has 6 heteroatoms. The van der Waals surface area contributed by atoms with Gasteiger partial charge >= 0.3 is 0 Å². The molecule has 1 aliphatic carbocycles. The van der Waals surface area contributed by atoms with Crippen molar-refractivity contribution in [3.63, 3.8) is 0 Å². The molecule has 134 valence electrons. The van der Waals surface area contributed by atoms with Crippen molar-refractivity contribution in [3.8, 4) is 6.07 Å². The summed E-state index contributed by atoms with van der Waals surface area (Å²) in [5.41, 5.74) is 3.07. The normalized spacial score (nSPS) is 30.2. The van der Waals surface area contributed by atoms with Crippen LogP contribution in [-0.4, -0.2) is 60.0 Å². The number of rotatable bonds is 2. The third-order valence-corrected chi connectivity index (χ3v) is 6.80. The number of fused-ring (bicyclic) bond motifs is 1. The topological polar surface area (TPSA) is 72.1 Å². The van der Waals surface area contributed by atoms with Crippen LogP contribution in [0, 0.1) is 16.7 Å². The summed E-state index contributed by atoms with van der Waals surface area (Å²) in [4.78, 5) is 25.7. The summed E-state index contributed by atoms with van der Waals surface area (Å²) in [7, 11) is 0. The molecule has 0 aromatic heterocycles. The fourth-order valence-electron chi connectivity index (χ4n) is 4.80. The Bertz CT molecular complexity index is 810. The van der Waals surface area contributed by atoms with Gasteiger partial charge in [-0.25, -0.2) is 4.99 Å². The minimum atomic E-state index is -0.424. The molecule has 1 unspecified atom stereocenters. The minimum absolute atomic E-state index is 0.00334. The average Bonchev–Trinajstić information content (AvgIpc) is 2.58. The van der Waals surface area contributed by atoms with E-state index in [1.165, 1.54) is 25.7 Å². The molecule has 3 fully saturated rings. The number of likely N-dealkylation sites (tertiary alicyclic amines) is 2. The van der Waals surface area contributed by atoms with Crippen molar-refractivity contribution in [3.05, 3.63) is 22.9 Å². The SMILES string of the molecule is N#CC1=C(N2CCC3(CCC3)CC2)C2=CC(N3CCC3)N=CC2=NC1=O. The van der Waals surface area contributed by atoms with E-state index in [1.807, 2.05) is 0 Å². The van der Waals surface area contributed by atoms with E-state index in [9.17, 15) is 10.1 Å². The number of nitrogens with zero attached hydrogens (tertiary/aromatic N) is 5. The van der Waals surface area contributed by atoms with Crippen LogP contribution < -0.4 is 0 Å². The van der Waals surface area contributed by atoms with Crippen molar-refractivity contribution >= 4 is 17.8 Å². The Kier molecular flexibility index (Phi) is 3.61. The lowest BCUT2D eigenvalue weighted by atomic mass is 9.63. The van der Waals surface area contributed by atoms with Gasteiger partial charge in [-0.05, 0) is 43.6 Å². The highest BCUT2D eigenvalue weighted by atomic mass is 16.1. The van der Waals surface area contributed by atoms with E-state index in [-0.39, 0.29) is 11.7 Å². The maximum absolute atomic E-state index is 12.4. The smallest absolute Gasteiger partial charge is 0.290 e. The van der Waals surface area contributed by atoms with Gasteiger partial charge < -0.3 is 4.90 Å². The molecule has 4 heterocycles. The van der Waals surface area contributed by atoms with E-state index in [2.05, 4.69) is 31.9 Å². The Balaban J connectivity index is 1.48. The molecule has 6 nitrogen and oxygen atoms in total. The molecule has 0 radical (unpaired) electrons. The zero-order valence-electron chi connectivity index (χ0n) is 14.9. The highest BCUT2D eigenvalue weighted by molar-refractivity contribution is 6.43. The van der Waals surface area contributed by atoms with Gasteiger partial charge in [-0.2, -0.15) is 5.26 Å². The molecule has 1 amide bonds. The third-order valence-electron chi connectivity index (χ3n) is 6.80. The second-order valence-corrected chi connectivity index (χ2v) is 8.14. The maximum atomic E-state index is 12.4. The molecule has 0 bridgehead atoms. The van der Waals surface area contributed by atoms with Gasteiger partial charge in [-0.3, -0.25) is 14.7 Å².